The molecule has 1 saturated heterocycles. The zero-order valence-electron chi connectivity index (χ0n) is 13.4. The Hall–Kier alpha value is -1.85. The predicted octanol–water partition coefficient (Wildman–Crippen LogP) is 3.19. The molecule has 0 aliphatic carbocycles. The first kappa shape index (κ1) is 16.0. The van der Waals surface area contributed by atoms with Crippen molar-refractivity contribution in [1.29, 1.82) is 0 Å². The molecule has 1 unspecified atom stereocenters. The van der Waals surface area contributed by atoms with E-state index in [-0.39, 0.29) is 18.4 Å². The van der Waals surface area contributed by atoms with Gasteiger partial charge < -0.3 is 14.7 Å². The monoisotopic (exact) mass is 331 g/mol. The average molecular weight is 331 g/mol. The largest absolute Gasteiger partial charge is 0.497 e. The first-order valence-corrected chi connectivity index (χ1v) is 8.59. The van der Waals surface area contributed by atoms with Gasteiger partial charge in [-0.25, -0.2) is 0 Å². The molecular weight excluding hydrogens is 310 g/mol. The van der Waals surface area contributed by atoms with Crippen molar-refractivity contribution in [3.8, 4) is 16.9 Å². The molecule has 1 aliphatic heterocycles. The van der Waals surface area contributed by atoms with E-state index in [4.69, 9.17) is 4.74 Å². The molecule has 1 aromatic heterocycles. The van der Waals surface area contributed by atoms with E-state index in [0.29, 0.717) is 6.54 Å². The molecule has 0 radical (unpaired) electrons. The first-order valence-electron chi connectivity index (χ1n) is 7.77. The van der Waals surface area contributed by atoms with Gasteiger partial charge in [0.25, 0.3) is 5.91 Å². The van der Waals surface area contributed by atoms with Crippen LogP contribution in [0.2, 0.25) is 0 Å². The lowest BCUT2D eigenvalue weighted by atomic mass is 10.1. The normalized spacial score (nSPS) is 17.5. The number of thiophene rings is 1. The van der Waals surface area contributed by atoms with Crippen LogP contribution in [0.4, 0.5) is 0 Å². The number of aliphatic hydroxyl groups excluding tert-OH is 1. The van der Waals surface area contributed by atoms with E-state index in [2.05, 4.69) is 0 Å². The van der Waals surface area contributed by atoms with E-state index in [9.17, 15) is 9.90 Å². The van der Waals surface area contributed by atoms with Gasteiger partial charge in [0.2, 0.25) is 0 Å². The summed E-state index contributed by atoms with van der Waals surface area (Å²) >= 11 is 1.54. The van der Waals surface area contributed by atoms with Gasteiger partial charge in [0.05, 0.1) is 12.0 Å². The summed E-state index contributed by atoms with van der Waals surface area (Å²) in [6.45, 7) is 3.59. The number of benzene rings is 1. The van der Waals surface area contributed by atoms with Crippen LogP contribution in [0, 0.1) is 12.8 Å². The maximum Gasteiger partial charge on any atom is 0.263 e. The van der Waals surface area contributed by atoms with Crippen molar-refractivity contribution >= 4 is 17.2 Å². The fourth-order valence-corrected chi connectivity index (χ4v) is 3.98. The van der Waals surface area contributed by atoms with E-state index < -0.39 is 0 Å². The highest BCUT2D eigenvalue weighted by Crippen LogP contribution is 2.33. The zero-order chi connectivity index (χ0) is 16.4. The van der Waals surface area contributed by atoms with E-state index >= 15 is 0 Å². The number of amides is 1. The van der Waals surface area contributed by atoms with Crippen LogP contribution in [0.15, 0.2) is 30.3 Å². The third-order valence-corrected chi connectivity index (χ3v) is 5.40. The third kappa shape index (κ3) is 3.26. The molecule has 122 valence electrons. The van der Waals surface area contributed by atoms with Gasteiger partial charge in [0.15, 0.2) is 0 Å². The Labute approximate surface area is 140 Å². The summed E-state index contributed by atoms with van der Waals surface area (Å²) in [5.41, 5.74) is 2.19. The van der Waals surface area contributed by atoms with Gasteiger partial charge in [0, 0.05) is 30.5 Å². The third-order valence-electron chi connectivity index (χ3n) is 4.36. The number of carbonyl (C=O) groups is 1. The lowest BCUT2D eigenvalue weighted by molar-refractivity contribution is 0.0786. The number of likely N-dealkylation sites (tertiary alicyclic amines) is 1. The molecule has 0 saturated carbocycles. The summed E-state index contributed by atoms with van der Waals surface area (Å²) in [5, 5.41) is 9.23. The number of aryl methyl sites for hydroxylation is 1. The number of nitrogens with zero attached hydrogens (tertiary/aromatic N) is 1. The molecule has 2 heterocycles. The van der Waals surface area contributed by atoms with Gasteiger partial charge in [-0.2, -0.15) is 0 Å². The smallest absolute Gasteiger partial charge is 0.263 e. The minimum Gasteiger partial charge on any atom is -0.497 e. The molecule has 4 nitrogen and oxygen atoms in total. The van der Waals surface area contributed by atoms with Crippen molar-refractivity contribution < 1.29 is 14.6 Å². The number of hydrogen-bond donors (Lipinski definition) is 1. The average Bonchev–Trinajstić information content (AvgIpc) is 3.21. The summed E-state index contributed by atoms with van der Waals surface area (Å²) in [5.74, 6) is 1.12. The van der Waals surface area contributed by atoms with Crippen molar-refractivity contribution in [1.82, 2.24) is 4.90 Å². The Bertz CT molecular complexity index is 693. The summed E-state index contributed by atoms with van der Waals surface area (Å²) in [7, 11) is 1.65. The first-order chi connectivity index (χ1) is 11.1. The van der Waals surface area contributed by atoms with Crippen LogP contribution in [0.25, 0.3) is 11.1 Å². The second kappa shape index (κ2) is 6.72. The molecule has 1 amide bonds. The van der Waals surface area contributed by atoms with Crippen molar-refractivity contribution in [2.45, 2.75) is 13.3 Å². The van der Waals surface area contributed by atoms with Crippen molar-refractivity contribution in [2.24, 2.45) is 5.92 Å². The highest BCUT2D eigenvalue weighted by molar-refractivity contribution is 7.14. The minimum atomic E-state index is 0.0776. The number of carbonyl (C=O) groups excluding carboxylic acids is 1. The molecule has 1 fully saturated rings. The van der Waals surface area contributed by atoms with Gasteiger partial charge in [-0.1, -0.05) is 12.1 Å². The lowest BCUT2D eigenvalue weighted by Gasteiger charge is -2.14. The Kier molecular flexibility index (Phi) is 4.68. The molecular formula is C18H21NO3S. The van der Waals surface area contributed by atoms with Crippen LogP contribution in [-0.4, -0.2) is 42.7 Å². The van der Waals surface area contributed by atoms with Crippen LogP contribution < -0.4 is 4.74 Å². The highest BCUT2D eigenvalue weighted by atomic mass is 32.1. The van der Waals surface area contributed by atoms with Crippen molar-refractivity contribution in [3.05, 3.63) is 40.1 Å². The van der Waals surface area contributed by atoms with Gasteiger partial charge >= 0.3 is 0 Å². The quantitative estimate of drug-likeness (QED) is 0.936. The fraction of sp³-hybridized carbons (Fsp3) is 0.389. The minimum absolute atomic E-state index is 0.0776. The molecule has 1 N–H and O–H groups in total. The number of hydrogen-bond acceptors (Lipinski definition) is 4. The van der Waals surface area contributed by atoms with Gasteiger partial charge in [0.1, 0.15) is 5.75 Å². The second-order valence-electron chi connectivity index (χ2n) is 5.90. The molecule has 0 spiro atoms. The number of methoxy groups -OCH3 is 1. The summed E-state index contributed by atoms with van der Waals surface area (Å²) in [6, 6.07) is 9.87. The van der Waals surface area contributed by atoms with Crippen LogP contribution >= 0.6 is 11.3 Å². The molecule has 1 aromatic carbocycles. The van der Waals surface area contributed by atoms with Crippen LogP contribution in [-0.2, 0) is 0 Å². The van der Waals surface area contributed by atoms with Crippen molar-refractivity contribution in [3.63, 3.8) is 0 Å². The maximum absolute atomic E-state index is 12.6. The van der Waals surface area contributed by atoms with Crippen molar-refractivity contribution in [2.75, 3.05) is 26.8 Å². The summed E-state index contributed by atoms with van der Waals surface area (Å²) in [4.78, 5) is 16.4. The maximum atomic E-state index is 12.6. The summed E-state index contributed by atoms with van der Waals surface area (Å²) in [6.07, 6.45) is 0.887. The Morgan fingerprint density at radius 3 is 2.74 bits per heavy atom. The molecule has 0 bridgehead atoms. The fourth-order valence-electron chi connectivity index (χ4n) is 2.97. The van der Waals surface area contributed by atoms with E-state index in [1.165, 1.54) is 11.3 Å². The predicted molar refractivity (Wildman–Crippen MR) is 92.1 cm³/mol. The summed E-state index contributed by atoms with van der Waals surface area (Å²) < 4.78 is 5.19. The lowest BCUT2D eigenvalue weighted by Crippen LogP contribution is -2.28. The standard InChI is InChI=1S/C18H21NO3S/c1-12-16(14-3-5-15(22-2)6-4-14)9-17(23-12)18(21)19-8-7-13(10-19)11-20/h3-6,9,13,20H,7-8,10-11H2,1-2H3. The van der Waals surface area contributed by atoms with E-state index in [1.54, 1.807) is 7.11 Å². The topological polar surface area (TPSA) is 49.8 Å². The second-order valence-corrected chi connectivity index (χ2v) is 7.15. The van der Waals surface area contributed by atoms with Gasteiger partial charge in [-0.15, -0.1) is 11.3 Å². The molecule has 1 atom stereocenters. The molecule has 1 aliphatic rings. The van der Waals surface area contributed by atoms with Crippen LogP contribution in [0.5, 0.6) is 5.75 Å². The van der Waals surface area contributed by atoms with E-state index in [0.717, 1.165) is 39.6 Å². The molecule has 5 heteroatoms. The van der Waals surface area contributed by atoms with Gasteiger partial charge in [-0.05, 0) is 42.7 Å². The van der Waals surface area contributed by atoms with Crippen LogP contribution in [0.1, 0.15) is 21.0 Å². The highest BCUT2D eigenvalue weighted by Gasteiger charge is 2.27. The molecule has 3 rings (SSSR count). The van der Waals surface area contributed by atoms with Gasteiger partial charge in [-0.3, -0.25) is 4.79 Å². The number of rotatable bonds is 4. The Morgan fingerprint density at radius 1 is 1.39 bits per heavy atom. The Balaban J connectivity index is 1.81. The Morgan fingerprint density at radius 2 is 2.13 bits per heavy atom. The zero-order valence-corrected chi connectivity index (χ0v) is 14.2. The molecule has 2 aromatic rings. The number of aliphatic hydroxyl groups is 1. The SMILES string of the molecule is COc1ccc(-c2cc(C(=O)N3CCC(CO)C3)sc2C)cc1. The number of ether oxygens (including phenoxy) is 1. The van der Waals surface area contributed by atoms with Crippen LogP contribution in [0.3, 0.4) is 0 Å². The van der Waals surface area contributed by atoms with E-state index in [1.807, 2.05) is 42.2 Å². The molecule has 23 heavy (non-hydrogen) atoms.